The second-order valence-corrected chi connectivity index (χ2v) is 13.9. The van der Waals surface area contributed by atoms with Crippen molar-refractivity contribution in [3.05, 3.63) is 6.55 Å². The third-order valence-electron chi connectivity index (χ3n) is 3.30. The van der Waals surface area contributed by atoms with Crippen molar-refractivity contribution in [1.82, 2.24) is 12.7 Å². The maximum absolute atomic E-state index is 4.33. The summed E-state index contributed by atoms with van der Waals surface area (Å²) < 4.78 is 7.80. The molecule has 3 nitrogen and oxygen atoms in total. The molecule has 1 saturated heterocycles. The first kappa shape index (κ1) is 10.5. The number of hydrogen-bond donors (Lipinski definition) is 0. The Balaban J connectivity index is 2.76. The highest BCUT2D eigenvalue weighted by Crippen LogP contribution is 2.13. The summed E-state index contributed by atoms with van der Waals surface area (Å²) in [5.74, 6) is 0. The molecule has 2 unspecified atom stereocenters. The number of hydrogen-bond acceptors (Lipinski definition) is 3. The molecule has 0 amide bonds. The maximum atomic E-state index is 4.33. The van der Waals surface area contributed by atoms with E-state index < -0.39 is 27.4 Å². The van der Waals surface area contributed by atoms with Gasteiger partial charge in [0.25, 0.3) is 0 Å². The van der Waals surface area contributed by atoms with Gasteiger partial charge in [-0.1, -0.05) is 0 Å². The van der Waals surface area contributed by atoms with Gasteiger partial charge in [0.05, 0.1) is 0 Å². The summed E-state index contributed by atoms with van der Waals surface area (Å²) in [6.45, 7) is 9.16. The molecule has 0 N–H and O–H groups in total. The molecule has 70 valence electrons. The van der Waals surface area contributed by atoms with E-state index in [0.29, 0.717) is 0 Å². The van der Waals surface area contributed by atoms with Crippen LogP contribution in [0.5, 0.6) is 0 Å². The molecule has 12 heavy (non-hydrogen) atoms. The van der Waals surface area contributed by atoms with Crippen molar-refractivity contribution in [1.29, 1.82) is 0 Å². The molecular formula is C6H20N3Si3+. The van der Waals surface area contributed by atoms with E-state index in [9.17, 15) is 0 Å². The Bertz CT molecular complexity index is 110. The lowest BCUT2D eigenvalue weighted by Crippen LogP contribution is -2.72. The van der Waals surface area contributed by atoms with E-state index in [4.69, 9.17) is 0 Å². The average Bonchev–Trinajstić information content (AvgIpc) is 2.08. The zero-order chi connectivity index (χ0) is 9.46. The summed E-state index contributed by atoms with van der Waals surface area (Å²) in [7, 11) is 4.37. The zero-order valence-electron chi connectivity index (χ0n) is 8.78. The number of rotatable bonds is 0. The minimum atomic E-state index is -0.939. The summed E-state index contributed by atoms with van der Waals surface area (Å²) in [6.07, 6.45) is 0. The van der Waals surface area contributed by atoms with E-state index in [1.165, 1.54) is 0 Å². The maximum Gasteiger partial charge on any atom is 0.401 e. The lowest BCUT2D eigenvalue weighted by molar-refractivity contribution is 0.548. The van der Waals surface area contributed by atoms with Crippen LogP contribution in [0.4, 0.5) is 0 Å². The standard InChI is InChI=1S/C6H20N3Si3/c1-7-10(4)8(2)12(6)9(3)11(7)5/h10-12H,4H2,1-3,5-6H3/q+1. The highest BCUT2D eigenvalue weighted by molar-refractivity contribution is 6.85. The second-order valence-electron chi connectivity index (χ2n) is 3.74. The predicted molar refractivity (Wildman–Crippen MR) is 61.8 cm³/mol. The third-order valence-corrected chi connectivity index (χ3v) is 17.1. The largest absolute Gasteiger partial charge is 0.401 e. The molecule has 0 radical (unpaired) electrons. The first-order valence-electron chi connectivity index (χ1n) is 4.45. The second kappa shape index (κ2) is 3.64. The fourth-order valence-corrected chi connectivity index (χ4v) is 15.0. The van der Waals surface area contributed by atoms with Gasteiger partial charge in [0.2, 0.25) is 0 Å². The van der Waals surface area contributed by atoms with Crippen molar-refractivity contribution >= 4 is 27.4 Å². The molecule has 0 aromatic heterocycles. The van der Waals surface area contributed by atoms with Crippen LogP contribution in [-0.2, 0) is 0 Å². The van der Waals surface area contributed by atoms with E-state index in [1.54, 1.807) is 0 Å². The van der Waals surface area contributed by atoms with Crippen LogP contribution in [0, 0.1) is 6.55 Å². The monoisotopic (exact) mass is 218 g/mol. The van der Waals surface area contributed by atoms with E-state index in [2.05, 4.69) is 53.5 Å². The van der Waals surface area contributed by atoms with Gasteiger partial charge in [0.15, 0.2) is 18.2 Å². The molecule has 0 saturated carbocycles. The fraction of sp³-hybridized carbons (Fsp3) is 0.833. The van der Waals surface area contributed by atoms with Gasteiger partial charge in [-0.3, -0.25) is 8.46 Å². The van der Waals surface area contributed by atoms with Crippen molar-refractivity contribution < 1.29 is 0 Å². The van der Waals surface area contributed by atoms with Gasteiger partial charge in [-0.15, -0.1) is 0 Å². The topological polar surface area (TPSA) is 9.72 Å². The molecule has 0 bridgehead atoms. The van der Waals surface area contributed by atoms with Gasteiger partial charge in [0, 0.05) is 6.55 Å². The molecule has 1 aliphatic rings. The summed E-state index contributed by atoms with van der Waals surface area (Å²) >= 11 is 0. The van der Waals surface area contributed by atoms with Gasteiger partial charge in [0.1, 0.15) is 0 Å². The Labute approximate surface area is 81.3 Å². The summed E-state index contributed by atoms with van der Waals surface area (Å²) in [6, 6.07) is 0. The normalized spacial score (nSPS) is 41.9. The lowest BCUT2D eigenvalue weighted by Gasteiger charge is -2.46. The Kier molecular flexibility index (Phi) is 3.18. The van der Waals surface area contributed by atoms with Crippen molar-refractivity contribution in [2.24, 2.45) is 0 Å². The minimum absolute atomic E-state index is 0.751. The average molecular weight is 219 g/mol. The summed E-state index contributed by atoms with van der Waals surface area (Å²) in [4.78, 5) is 0. The molecule has 2 atom stereocenters. The Hall–Kier alpha value is 0.401. The van der Waals surface area contributed by atoms with Gasteiger partial charge < -0.3 is 4.23 Å². The molecule has 1 heterocycles. The minimum Gasteiger partial charge on any atom is -0.330 e. The molecule has 0 aromatic carbocycles. The molecule has 1 aliphatic heterocycles. The van der Waals surface area contributed by atoms with Crippen molar-refractivity contribution in [3.63, 3.8) is 0 Å². The smallest absolute Gasteiger partial charge is 0.330 e. The van der Waals surface area contributed by atoms with Gasteiger partial charge in [-0.05, 0) is 34.2 Å². The molecule has 0 aromatic rings. The Morgan fingerprint density at radius 3 is 1.50 bits per heavy atom. The van der Waals surface area contributed by atoms with E-state index in [1.807, 2.05) is 0 Å². The van der Waals surface area contributed by atoms with Crippen LogP contribution >= 0.6 is 0 Å². The van der Waals surface area contributed by atoms with Crippen molar-refractivity contribution in [2.75, 3.05) is 21.1 Å². The van der Waals surface area contributed by atoms with Crippen LogP contribution in [0.1, 0.15) is 0 Å². The Morgan fingerprint density at radius 2 is 1.17 bits per heavy atom. The fourth-order valence-electron chi connectivity index (χ4n) is 1.67. The SMILES string of the molecule is [CH2+][SiH]1N(C)[SiH](C)N(C)[SiH](C)N1C. The first-order chi connectivity index (χ1) is 5.46. The summed E-state index contributed by atoms with van der Waals surface area (Å²) in [5.41, 5.74) is 0. The van der Waals surface area contributed by atoms with Crippen LogP contribution in [0.15, 0.2) is 0 Å². The Morgan fingerprint density at radius 1 is 0.833 bits per heavy atom. The summed E-state index contributed by atoms with van der Waals surface area (Å²) in [5, 5.41) is 0. The molecule has 6 heteroatoms. The van der Waals surface area contributed by atoms with Crippen LogP contribution in [0.25, 0.3) is 0 Å². The molecule has 1 fully saturated rings. The molecule has 1 rings (SSSR count). The quantitative estimate of drug-likeness (QED) is 0.385. The van der Waals surface area contributed by atoms with Gasteiger partial charge in [-0.2, -0.15) is 0 Å². The van der Waals surface area contributed by atoms with E-state index in [0.717, 1.165) is 0 Å². The molecular weight excluding hydrogens is 198 g/mol. The van der Waals surface area contributed by atoms with E-state index in [-0.39, 0.29) is 0 Å². The van der Waals surface area contributed by atoms with Gasteiger partial charge >= 0.3 is 9.12 Å². The first-order valence-corrected chi connectivity index (χ1v) is 10.7. The van der Waals surface area contributed by atoms with Crippen LogP contribution in [0.2, 0.25) is 13.1 Å². The third kappa shape index (κ3) is 1.54. The molecule has 0 spiro atoms. The predicted octanol–water partition coefficient (Wildman–Crippen LogP) is -0.910. The highest BCUT2D eigenvalue weighted by atomic mass is 28.4. The van der Waals surface area contributed by atoms with Gasteiger partial charge in [-0.25, -0.2) is 0 Å². The molecule has 0 aliphatic carbocycles. The number of nitrogens with zero attached hydrogens (tertiary/aromatic N) is 3. The van der Waals surface area contributed by atoms with Crippen LogP contribution < -0.4 is 0 Å². The zero-order valence-corrected chi connectivity index (χ0v) is 12.2. The highest BCUT2D eigenvalue weighted by Gasteiger charge is 2.42. The van der Waals surface area contributed by atoms with Crippen molar-refractivity contribution in [3.8, 4) is 0 Å². The van der Waals surface area contributed by atoms with Crippen LogP contribution in [-0.4, -0.2) is 61.2 Å². The van der Waals surface area contributed by atoms with Crippen molar-refractivity contribution in [2.45, 2.75) is 13.1 Å². The lowest BCUT2D eigenvalue weighted by atomic mass is 11.6. The van der Waals surface area contributed by atoms with E-state index >= 15 is 0 Å². The van der Waals surface area contributed by atoms with Crippen LogP contribution in [0.3, 0.4) is 0 Å².